The number of rotatable bonds is 4. The lowest BCUT2D eigenvalue weighted by Gasteiger charge is -2.35. The van der Waals surface area contributed by atoms with Crippen molar-refractivity contribution in [2.45, 2.75) is 57.1 Å². The maximum Gasteiger partial charge on any atom is 0.329 e. The molecule has 2 aliphatic heterocycles. The molecule has 3 amide bonds. The second-order valence-electron chi connectivity index (χ2n) is 9.54. The van der Waals surface area contributed by atoms with Crippen molar-refractivity contribution in [2.75, 3.05) is 18.4 Å². The van der Waals surface area contributed by atoms with E-state index in [1.807, 2.05) is 13.0 Å². The molecular weight excluding hydrogens is 488 g/mol. The zero-order chi connectivity index (χ0) is 25.5. The lowest BCUT2D eigenvalue weighted by atomic mass is 9.72. The van der Waals surface area contributed by atoms with Gasteiger partial charge in [0.25, 0.3) is 0 Å². The molecule has 1 saturated heterocycles. The van der Waals surface area contributed by atoms with Crippen LogP contribution >= 0.6 is 11.8 Å². The van der Waals surface area contributed by atoms with Crippen LogP contribution in [0, 0.1) is 12.3 Å². The first kappa shape index (κ1) is 24.6. The van der Waals surface area contributed by atoms with E-state index < -0.39 is 17.4 Å². The van der Waals surface area contributed by atoms with Crippen molar-refractivity contribution < 1.29 is 23.1 Å². The van der Waals surface area contributed by atoms with Gasteiger partial charge in [-0.1, -0.05) is 11.8 Å². The molecule has 1 unspecified atom stereocenters. The van der Waals surface area contributed by atoms with Crippen molar-refractivity contribution in [1.29, 1.82) is 0 Å². The fourth-order valence-corrected chi connectivity index (χ4v) is 5.88. The standard InChI is InChI=1S/C25H27F2N5O3S/c1-15-19(35-17-5-11-28-18(13-17)20-14-29-16(2)36-20)3-4-21(30-15)31-23(34)32-12-10-24(22(32)33)6-8-25(26,27)9-7-24/h3-5,11,13,20H,6-10,12,14H2,1-2H3,(H,30,31,34). The fraction of sp³-hybridized carbons (Fsp3) is 0.480. The third-order valence-electron chi connectivity index (χ3n) is 7.07. The van der Waals surface area contributed by atoms with Gasteiger partial charge in [-0.05, 0) is 51.3 Å². The zero-order valence-electron chi connectivity index (χ0n) is 20.1. The number of nitrogens with zero attached hydrogens (tertiary/aromatic N) is 4. The smallest absolute Gasteiger partial charge is 0.329 e. The van der Waals surface area contributed by atoms with Gasteiger partial charge in [-0.2, -0.15) is 0 Å². The highest BCUT2D eigenvalue weighted by Crippen LogP contribution is 2.49. The third-order valence-corrected chi connectivity index (χ3v) is 8.22. The fourth-order valence-electron chi connectivity index (χ4n) is 4.92. The Hall–Kier alpha value is -3.08. The van der Waals surface area contributed by atoms with Gasteiger partial charge in [0.05, 0.1) is 33.6 Å². The summed E-state index contributed by atoms with van der Waals surface area (Å²) in [6, 6.07) is 6.36. The molecule has 2 fully saturated rings. The van der Waals surface area contributed by atoms with Crippen molar-refractivity contribution in [1.82, 2.24) is 14.9 Å². The van der Waals surface area contributed by atoms with Crippen molar-refractivity contribution in [3.8, 4) is 11.5 Å². The van der Waals surface area contributed by atoms with Gasteiger partial charge in [-0.3, -0.25) is 25.0 Å². The Morgan fingerprint density at radius 2 is 1.94 bits per heavy atom. The van der Waals surface area contributed by atoms with E-state index >= 15 is 0 Å². The molecule has 1 atom stereocenters. The summed E-state index contributed by atoms with van der Waals surface area (Å²) in [5.41, 5.74) is 0.590. The van der Waals surface area contributed by atoms with Gasteiger partial charge in [0, 0.05) is 31.6 Å². The average Bonchev–Trinajstić information content (AvgIpc) is 3.42. The lowest BCUT2D eigenvalue weighted by molar-refractivity contribution is -0.140. The van der Waals surface area contributed by atoms with Crippen LogP contribution in [0.4, 0.5) is 19.4 Å². The van der Waals surface area contributed by atoms with Crippen LogP contribution in [0.25, 0.3) is 0 Å². The van der Waals surface area contributed by atoms with E-state index in [1.54, 1.807) is 43.1 Å². The van der Waals surface area contributed by atoms with E-state index in [1.165, 1.54) is 0 Å². The molecule has 8 nitrogen and oxygen atoms in total. The second kappa shape index (κ2) is 9.42. The number of urea groups is 1. The van der Waals surface area contributed by atoms with Crippen LogP contribution in [0.3, 0.4) is 0 Å². The highest BCUT2D eigenvalue weighted by atomic mass is 32.2. The van der Waals surface area contributed by atoms with Crippen molar-refractivity contribution in [2.24, 2.45) is 10.4 Å². The topological polar surface area (TPSA) is 96.8 Å². The maximum atomic E-state index is 13.6. The number of carbonyl (C=O) groups excluding carboxylic acids is 2. The van der Waals surface area contributed by atoms with Crippen LogP contribution in [-0.4, -0.2) is 50.9 Å². The summed E-state index contributed by atoms with van der Waals surface area (Å²) in [5.74, 6) is -1.68. The minimum Gasteiger partial charge on any atom is -0.455 e. The van der Waals surface area contributed by atoms with Gasteiger partial charge in [0.15, 0.2) is 0 Å². The number of hydrogen-bond acceptors (Lipinski definition) is 7. The molecule has 1 spiro atoms. The maximum absolute atomic E-state index is 13.6. The SMILES string of the molecule is CC1=NCC(c2cc(Oc3ccc(NC(=O)N4CCC5(CCC(F)(F)CC5)C4=O)nc3C)ccn2)S1. The summed E-state index contributed by atoms with van der Waals surface area (Å²) in [6.45, 7) is 4.64. The van der Waals surface area contributed by atoms with Gasteiger partial charge < -0.3 is 4.74 Å². The molecule has 36 heavy (non-hydrogen) atoms. The minimum absolute atomic E-state index is 0.106. The predicted molar refractivity (Wildman–Crippen MR) is 133 cm³/mol. The van der Waals surface area contributed by atoms with E-state index in [4.69, 9.17) is 4.74 Å². The summed E-state index contributed by atoms with van der Waals surface area (Å²) >= 11 is 1.68. The number of anilines is 1. The van der Waals surface area contributed by atoms with Gasteiger partial charge in [-0.15, -0.1) is 0 Å². The quantitative estimate of drug-likeness (QED) is 0.558. The number of likely N-dealkylation sites (tertiary alicyclic amines) is 1. The predicted octanol–water partition coefficient (Wildman–Crippen LogP) is 5.74. The van der Waals surface area contributed by atoms with Gasteiger partial charge >= 0.3 is 6.03 Å². The number of aryl methyl sites for hydroxylation is 1. The molecule has 5 rings (SSSR count). The van der Waals surface area contributed by atoms with E-state index in [9.17, 15) is 18.4 Å². The Morgan fingerprint density at radius 1 is 1.17 bits per heavy atom. The molecule has 0 radical (unpaired) electrons. The number of halogens is 2. The van der Waals surface area contributed by atoms with E-state index in [0.29, 0.717) is 30.2 Å². The highest BCUT2D eigenvalue weighted by molar-refractivity contribution is 8.14. The Labute approximate surface area is 211 Å². The molecule has 0 bridgehead atoms. The number of amides is 3. The number of nitrogens with one attached hydrogen (secondary N) is 1. The first-order valence-electron chi connectivity index (χ1n) is 11.9. The first-order valence-corrected chi connectivity index (χ1v) is 12.8. The van der Waals surface area contributed by atoms with Crippen LogP contribution in [0.1, 0.15) is 55.7 Å². The van der Waals surface area contributed by atoms with Crippen LogP contribution < -0.4 is 10.1 Å². The van der Waals surface area contributed by atoms with Crippen molar-refractivity contribution in [3.05, 3.63) is 41.9 Å². The zero-order valence-corrected chi connectivity index (χ0v) is 20.9. The first-order chi connectivity index (χ1) is 17.1. The minimum atomic E-state index is -2.73. The summed E-state index contributed by atoms with van der Waals surface area (Å²) in [6.07, 6.45) is 1.69. The summed E-state index contributed by atoms with van der Waals surface area (Å²) < 4.78 is 33.2. The number of aliphatic imine (C=N–C) groups is 1. The van der Waals surface area contributed by atoms with E-state index in [0.717, 1.165) is 15.6 Å². The molecule has 190 valence electrons. The Morgan fingerprint density at radius 3 is 2.64 bits per heavy atom. The molecule has 1 N–H and O–H groups in total. The van der Waals surface area contributed by atoms with Crippen molar-refractivity contribution >= 4 is 34.6 Å². The van der Waals surface area contributed by atoms with E-state index in [2.05, 4.69) is 20.3 Å². The summed E-state index contributed by atoms with van der Waals surface area (Å²) in [4.78, 5) is 40.2. The summed E-state index contributed by atoms with van der Waals surface area (Å²) in [5, 5.41) is 3.87. The number of hydrogen-bond donors (Lipinski definition) is 1. The molecule has 4 heterocycles. The number of imide groups is 1. The van der Waals surface area contributed by atoms with Crippen molar-refractivity contribution in [3.63, 3.8) is 0 Å². The average molecular weight is 516 g/mol. The molecule has 2 aromatic rings. The largest absolute Gasteiger partial charge is 0.455 e. The Kier molecular flexibility index (Phi) is 6.44. The molecule has 1 saturated carbocycles. The number of pyridine rings is 2. The molecular formula is C25H27F2N5O3S. The second-order valence-corrected chi connectivity index (χ2v) is 10.9. The van der Waals surface area contributed by atoms with Gasteiger partial charge in [0.1, 0.15) is 17.3 Å². The number of thioether (sulfide) groups is 1. The monoisotopic (exact) mass is 515 g/mol. The third kappa shape index (κ3) is 4.93. The molecule has 11 heteroatoms. The van der Waals surface area contributed by atoms with Crippen LogP contribution in [0.2, 0.25) is 0 Å². The molecule has 3 aliphatic rings. The number of aromatic nitrogens is 2. The van der Waals surface area contributed by atoms with Gasteiger partial charge in [-0.25, -0.2) is 18.6 Å². The summed E-state index contributed by atoms with van der Waals surface area (Å²) in [7, 11) is 0. The molecule has 0 aromatic carbocycles. The number of alkyl halides is 2. The number of ether oxygens (including phenoxy) is 1. The highest BCUT2D eigenvalue weighted by Gasteiger charge is 2.53. The van der Waals surface area contributed by atoms with Crippen LogP contribution in [-0.2, 0) is 4.79 Å². The van der Waals surface area contributed by atoms with Crippen LogP contribution in [0.15, 0.2) is 35.5 Å². The van der Waals surface area contributed by atoms with Gasteiger partial charge in [0.2, 0.25) is 11.8 Å². The molecule has 1 aliphatic carbocycles. The Bertz CT molecular complexity index is 1230. The normalized spacial score (nSPS) is 22.6. The van der Waals surface area contributed by atoms with E-state index in [-0.39, 0.29) is 49.2 Å². The Balaban J connectivity index is 1.22. The number of carbonyl (C=O) groups is 2. The lowest BCUT2D eigenvalue weighted by Crippen LogP contribution is -2.43. The molecule has 2 aromatic heterocycles. The van der Waals surface area contributed by atoms with Crippen LogP contribution in [0.5, 0.6) is 11.5 Å².